The molecule has 2 heterocycles. The van der Waals surface area contributed by atoms with Gasteiger partial charge in [0.15, 0.2) is 0 Å². The fraction of sp³-hybridized carbons (Fsp3) is 0.500. The monoisotopic (exact) mass is 329 g/mol. The zero-order chi connectivity index (χ0) is 16.9. The first-order valence-corrected chi connectivity index (χ1v) is 8.50. The van der Waals surface area contributed by atoms with Crippen LogP contribution in [0.2, 0.25) is 0 Å². The molecule has 1 aliphatic rings. The van der Waals surface area contributed by atoms with Gasteiger partial charge in [-0.05, 0) is 37.8 Å². The fourth-order valence-electron chi connectivity index (χ4n) is 3.09. The van der Waals surface area contributed by atoms with Gasteiger partial charge in [0.25, 0.3) is 0 Å². The van der Waals surface area contributed by atoms with Crippen molar-refractivity contribution < 1.29 is 14.1 Å². The van der Waals surface area contributed by atoms with Crippen LogP contribution in [0.25, 0.3) is 11.4 Å². The molecule has 6 heteroatoms. The second-order valence-corrected chi connectivity index (χ2v) is 6.04. The number of ether oxygens (including phenoxy) is 1. The number of piperidine rings is 1. The number of carbonyl (C=O) groups is 1. The molecule has 1 aromatic heterocycles. The molecule has 1 aromatic carbocycles. The van der Waals surface area contributed by atoms with Crippen LogP contribution in [0.15, 0.2) is 28.8 Å². The van der Waals surface area contributed by atoms with E-state index in [2.05, 4.69) is 10.1 Å². The highest BCUT2D eigenvalue weighted by Gasteiger charge is 2.31. The van der Waals surface area contributed by atoms with Gasteiger partial charge in [0.1, 0.15) is 11.8 Å². The van der Waals surface area contributed by atoms with E-state index < -0.39 is 0 Å². The summed E-state index contributed by atoms with van der Waals surface area (Å²) in [6.45, 7) is 2.78. The van der Waals surface area contributed by atoms with Crippen LogP contribution in [0.1, 0.15) is 51.0 Å². The van der Waals surface area contributed by atoms with Crippen molar-refractivity contribution in [3.63, 3.8) is 0 Å². The van der Waals surface area contributed by atoms with E-state index in [0.29, 0.717) is 18.1 Å². The number of hydrogen-bond donors (Lipinski definition) is 0. The van der Waals surface area contributed by atoms with Crippen LogP contribution in [0, 0.1) is 0 Å². The maximum atomic E-state index is 12.4. The normalized spacial score (nSPS) is 17.8. The van der Waals surface area contributed by atoms with Gasteiger partial charge in [0.05, 0.1) is 7.11 Å². The molecule has 3 rings (SSSR count). The lowest BCUT2D eigenvalue weighted by Crippen LogP contribution is -2.38. The summed E-state index contributed by atoms with van der Waals surface area (Å²) in [7, 11) is 1.63. The van der Waals surface area contributed by atoms with E-state index in [-0.39, 0.29) is 11.9 Å². The van der Waals surface area contributed by atoms with E-state index in [0.717, 1.165) is 43.5 Å². The van der Waals surface area contributed by atoms with E-state index in [4.69, 9.17) is 9.26 Å². The van der Waals surface area contributed by atoms with Gasteiger partial charge in [-0.25, -0.2) is 0 Å². The molecule has 6 nitrogen and oxygen atoms in total. The van der Waals surface area contributed by atoms with Gasteiger partial charge in [-0.1, -0.05) is 24.2 Å². The molecule has 0 saturated carbocycles. The van der Waals surface area contributed by atoms with Crippen molar-refractivity contribution in [3.05, 3.63) is 30.2 Å². The maximum Gasteiger partial charge on any atom is 0.249 e. The van der Waals surface area contributed by atoms with E-state index >= 15 is 0 Å². The summed E-state index contributed by atoms with van der Waals surface area (Å²) in [4.78, 5) is 18.8. The van der Waals surface area contributed by atoms with E-state index in [1.54, 1.807) is 7.11 Å². The minimum absolute atomic E-state index is 0.107. The first-order chi connectivity index (χ1) is 11.7. The molecular formula is C18H23N3O3. The predicted octanol–water partition coefficient (Wildman–Crippen LogP) is 3.60. The Bertz CT molecular complexity index is 698. The number of likely N-dealkylation sites (tertiary alicyclic amines) is 1. The predicted molar refractivity (Wildman–Crippen MR) is 89.5 cm³/mol. The smallest absolute Gasteiger partial charge is 0.249 e. The number of rotatable bonds is 5. The quantitative estimate of drug-likeness (QED) is 0.838. The third-order valence-corrected chi connectivity index (χ3v) is 4.34. The Labute approximate surface area is 141 Å². The summed E-state index contributed by atoms with van der Waals surface area (Å²) >= 11 is 0. The third kappa shape index (κ3) is 3.42. The topological polar surface area (TPSA) is 68.5 Å². The minimum atomic E-state index is -0.107. The van der Waals surface area contributed by atoms with Crippen molar-refractivity contribution in [2.24, 2.45) is 0 Å². The van der Waals surface area contributed by atoms with E-state index in [1.165, 1.54) is 0 Å². The highest BCUT2D eigenvalue weighted by Crippen LogP contribution is 2.32. The molecule has 0 unspecified atom stereocenters. The molecule has 128 valence electrons. The Balaban J connectivity index is 1.83. The maximum absolute atomic E-state index is 12.4. The Kier molecular flexibility index (Phi) is 5.13. The molecule has 1 atom stereocenters. The van der Waals surface area contributed by atoms with Crippen molar-refractivity contribution >= 4 is 5.91 Å². The highest BCUT2D eigenvalue weighted by atomic mass is 16.5. The highest BCUT2D eigenvalue weighted by molar-refractivity contribution is 5.76. The standard InChI is InChI=1S/C18H23N3O3/c1-3-7-16(22)21-11-5-4-10-15(21)18-19-17(20-24-18)13-8-6-9-14(12-13)23-2/h6,8-9,12,15H,3-5,7,10-11H2,1-2H3/t15-/m1/s1. The van der Waals surface area contributed by atoms with Crippen molar-refractivity contribution in [1.29, 1.82) is 0 Å². The van der Waals surface area contributed by atoms with Gasteiger partial charge in [0.2, 0.25) is 17.6 Å². The molecule has 1 aliphatic heterocycles. The minimum Gasteiger partial charge on any atom is -0.497 e. The second kappa shape index (κ2) is 7.47. The lowest BCUT2D eigenvalue weighted by Gasteiger charge is -2.33. The van der Waals surface area contributed by atoms with Crippen molar-refractivity contribution in [2.75, 3.05) is 13.7 Å². The molecule has 0 spiro atoms. The Morgan fingerprint density at radius 3 is 3.08 bits per heavy atom. The summed E-state index contributed by atoms with van der Waals surface area (Å²) in [6.07, 6.45) is 4.38. The first-order valence-electron chi connectivity index (χ1n) is 8.50. The number of amides is 1. The Morgan fingerprint density at radius 1 is 1.42 bits per heavy atom. The van der Waals surface area contributed by atoms with E-state index in [9.17, 15) is 4.79 Å². The number of hydrogen-bond acceptors (Lipinski definition) is 5. The molecular weight excluding hydrogens is 306 g/mol. The van der Waals surface area contributed by atoms with Crippen LogP contribution in [-0.2, 0) is 4.79 Å². The summed E-state index contributed by atoms with van der Waals surface area (Å²) < 4.78 is 10.7. The summed E-state index contributed by atoms with van der Waals surface area (Å²) in [5, 5.41) is 4.10. The number of carbonyl (C=O) groups excluding carboxylic acids is 1. The SMILES string of the molecule is CCCC(=O)N1CCCC[C@@H]1c1nc(-c2cccc(OC)c2)no1. The zero-order valence-electron chi connectivity index (χ0n) is 14.2. The molecule has 1 amide bonds. The molecule has 1 saturated heterocycles. The molecule has 1 fully saturated rings. The largest absolute Gasteiger partial charge is 0.497 e. The lowest BCUT2D eigenvalue weighted by atomic mass is 10.0. The van der Waals surface area contributed by atoms with Gasteiger partial charge in [-0.3, -0.25) is 4.79 Å². The third-order valence-electron chi connectivity index (χ3n) is 4.34. The lowest BCUT2D eigenvalue weighted by molar-refractivity contribution is -0.135. The first kappa shape index (κ1) is 16.5. The molecule has 0 radical (unpaired) electrons. The van der Waals surface area contributed by atoms with Crippen molar-refractivity contribution in [3.8, 4) is 17.1 Å². The van der Waals surface area contributed by atoms with Gasteiger partial charge < -0.3 is 14.2 Å². The van der Waals surface area contributed by atoms with Crippen LogP contribution in [0.3, 0.4) is 0 Å². The van der Waals surface area contributed by atoms with Crippen LogP contribution in [-0.4, -0.2) is 34.6 Å². The van der Waals surface area contributed by atoms with Gasteiger partial charge in [-0.2, -0.15) is 4.98 Å². The number of aromatic nitrogens is 2. The van der Waals surface area contributed by atoms with Crippen LogP contribution in [0.5, 0.6) is 5.75 Å². The Hall–Kier alpha value is -2.37. The van der Waals surface area contributed by atoms with Gasteiger partial charge >= 0.3 is 0 Å². The number of nitrogens with zero attached hydrogens (tertiary/aromatic N) is 3. The molecule has 0 N–H and O–H groups in total. The number of methoxy groups -OCH3 is 1. The summed E-state index contributed by atoms with van der Waals surface area (Å²) in [6, 6.07) is 7.44. The van der Waals surface area contributed by atoms with Crippen LogP contribution < -0.4 is 4.74 Å². The van der Waals surface area contributed by atoms with E-state index in [1.807, 2.05) is 36.1 Å². The number of benzene rings is 1. The molecule has 2 aromatic rings. The average Bonchev–Trinajstić information content (AvgIpc) is 3.12. The fourth-order valence-corrected chi connectivity index (χ4v) is 3.09. The molecule has 0 bridgehead atoms. The Morgan fingerprint density at radius 2 is 2.29 bits per heavy atom. The second-order valence-electron chi connectivity index (χ2n) is 6.04. The summed E-state index contributed by atoms with van der Waals surface area (Å²) in [5.74, 6) is 1.97. The average molecular weight is 329 g/mol. The van der Waals surface area contributed by atoms with Crippen LogP contribution in [0.4, 0.5) is 0 Å². The van der Waals surface area contributed by atoms with Crippen LogP contribution >= 0.6 is 0 Å². The van der Waals surface area contributed by atoms with Gasteiger partial charge in [-0.15, -0.1) is 0 Å². The molecule has 24 heavy (non-hydrogen) atoms. The molecule has 0 aliphatic carbocycles. The zero-order valence-corrected chi connectivity index (χ0v) is 14.2. The summed E-state index contributed by atoms with van der Waals surface area (Å²) in [5.41, 5.74) is 0.839. The van der Waals surface area contributed by atoms with Gasteiger partial charge in [0, 0.05) is 18.5 Å². The van der Waals surface area contributed by atoms with Crippen molar-refractivity contribution in [1.82, 2.24) is 15.0 Å². The van der Waals surface area contributed by atoms with Crippen molar-refractivity contribution in [2.45, 2.75) is 45.1 Å².